The highest BCUT2D eigenvalue weighted by atomic mass is 16.5. The zero-order chi connectivity index (χ0) is 12.8. The van der Waals surface area contributed by atoms with Crippen molar-refractivity contribution in [3.63, 3.8) is 0 Å². The summed E-state index contributed by atoms with van der Waals surface area (Å²) in [5.41, 5.74) is 8.17. The van der Waals surface area contributed by atoms with Gasteiger partial charge in [0.1, 0.15) is 5.75 Å². The molecule has 2 rings (SSSR count). The maximum absolute atomic E-state index is 6.45. The third-order valence-electron chi connectivity index (χ3n) is 4.99. The molecule has 0 spiro atoms. The lowest BCUT2D eigenvalue weighted by molar-refractivity contribution is 0.396. The topological polar surface area (TPSA) is 35.2 Å². The molecular weight excluding hydrogens is 210 g/mol. The van der Waals surface area contributed by atoms with Crippen molar-refractivity contribution in [3.8, 4) is 5.75 Å². The molecule has 1 aromatic carbocycles. The first-order valence-electron chi connectivity index (χ1n) is 6.22. The SMILES string of the molecule is COc1ccccc1C(N)C1C(C)(C)C1(C)C. The van der Waals surface area contributed by atoms with Gasteiger partial charge >= 0.3 is 0 Å². The van der Waals surface area contributed by atoms with Crippen molar-refractivity contribution in [2.75, 3.05) is 7.11 Å². The predicted octanol–water partition coefficient (Wildman–Crippen LogP) is 3.38. The minimum Gasteiger partial charge on any atom is -0.496 e. The second-order valence-electron chi connectivity index (χ2n) is 6.19. The van der Waals surface area contributed by atoms with Crippen LogP contribution in [0.15, 0.2) is 24.3 Å². The van der Waals surface area contributed by atoms with Crippen molar-refractivity contribution in [2.24, 2.45) is 22.5 Å². The Morgan fingerprint density at radius 2 is 1.65 bits per heavy atom. The van der Waals surface area contributed by atoms with Gasteiger partial charge < -0.3 is 10.5 Å². The lowest BCUT2D eigenvalue weighted by Crippen LogP contribution is -2.17. The summed E-state index contributed by atoms with van der Waals surface area (Å²) in [6.45, 7) is 9.19. The Hall–Kier alpha value is -1.02. The quantitative estimate of drug-likeness (QED) is 0.868. The molecule has 1 atom stereocenters. The van der Waals surface area contributed by atoms with Crippen LogP contribution in [0.3, 0.4) is 0 Å². The largest absolute Gasteiger partial charge is 0.496 e. The summed E-state index contributed by atoms with van der Waals surface area (Å²) in [4.78, 5) is 0. The summed E-state index contributed by atoms with van der Waals surface area (Å²) in [7, 11) is 1.70. The van der Waals surface area contributed by atoms with Gasteiger partial charge in [0.15, 0.2) is 0 Å². The lowest BCUT2D eigenvalue weighted by Gasteiger charge is -2.17. The number of benzene rings is 1. The number of nitrogens with two attached hydrogens (primary N) is 1. The van der Waals surface area contributed by atoms with E-state index in [0.29, 0.717) is 16.7 Å². The molecule has 0 saturated heterocycles. The van der Waals surface area contributed by atoms with Gasteiger partial charge in [-0.2, -0.15) is 0 Å². The molecule has 0 amide bonds. The van der Waals surface area contributed by atoms with Gasteiger partial charge in [-0.05, 0) is 22.8 Å². The predicted molar refractivity (Wildman–Crippen MR) is 71.0 cm³/mol. The molecule has 0 bridgehead atoms. The molecule has 0 aromatic heterocycles. The Kier molecular flexibility index (Phi) is 2.74. The van der Waals surface area contributed by atoms with Crippen LogP contribution in [-0.4, -0.2) is 7.11 Å². The van der Waals surface area contributed by atoms with E-state index in [0.717, 1.165) is 11.3 Å². The van der Waals surface area contributed by atoms with E-state index in [1.54, 1.807) is 7.11 Å². The zero-order valence-corrected chi connectivity index (χ0v) is 11.4. The second kappa shape index (κ2) is 3.74. The van der Waals surface area contributed by atoms with Gasteiger partial charge in [-0.15, -0.1) is 0 Å². The van der Waals surface area contributed by atoms with Crippen molar-refractivity contribution in [2.45, 2.75) is 33.7 Å². The molecule has 1 fully saturated rings. The van der Waals surface area contributed by atoms with Crippen molar-refractivity contribution >= 4 is 0 Å². The number of hydrogen-bond acceptors (Lipinski definition) is 2. The molecular formula is C15H23NO. The molecule has 94 valence electrons. The highest BCUT2D eigenvalue weighted by Gasteiger charge is 2.66. The van der Waals surface area contributed by atoms with E-state index in [2.05, 4.69) is 33.8 Å². The molecule has 1 aliphatic rings. The molecule has 2 nitrogen and oxygen atoms in total. The second-order valence-corrected chi connectivity index (χ2v) is 6.19. The average molecular weight is 233 g/mol. The van der Waals surface area contributed by atoms with Crippen LogP contribution in [0.1, 0.15) is 39.3 Å². The molecule has 1 aromatic rings. The van der Waals surface area contributed by atoms with Crippen LogP contribution in [0.5, 0.6) is 5.75 Å². The van der Waals surface area contributed by atoms with Crippen molar-refractivity contribution in [1.82, 2.24) is 0 Å². The monoisotopic (exact) mass is 233 g/mol. The molecule has 1 saturated carbocycles. The highest BCUT2D eigenvalue weighted by molar-refractivity contribution is 5.38. The van der Waals surface area contributed by atoms with E-state index in [1.165, 1.54) is 0 Å². The third kappa shape index (κ3) is 1.66. The fourth-order valence-electron chi connectivity index (χ4n) is 3.27. The van der Waals surface area contributed by atoms with E-state index in [-0.39, 0.29) is 6.04 Å². The summed E-state index contributed by atoms with van der Waals surface area (Å²) in [5, 5.41) is 0. The zero-order valence-electron chi connectivity index (χ0n) is 11.4. The first-order chi connectivity index (χ1) is 7.84. The molecule has 2 N–H and O–H groups in total. The van der Waals surface area contributed by atoms with Crippen LogP contribution < -0.4 is 10.5 Å². The van der Waals surface area contributed by atoms with Crippen molar-refractivity contribution in [1.29, 1.82) is 0 Å². The first-order valence-corrected chi connectivity index (χ1v) is 6.22. The van der Waals surface area contributed by atoms with Crippen LogP contribution in [0.4, 0.5) is 0 Å². The summed E-state index contributed by atoms with van der Waals surface area (Å²) in [6, 6.07) is 8.13. The Labute approximate surface area is 104 Å². The van der Waals surface area contributed by atoms with Crippen LogP contribution in [0.25, 0.3) is 0 Å². The molecule has 17 heavy (non-hydrogen) atoms. The maximum atomic E-state index is 6.45. The van der Waals surface area contributed by atoms with Gasteiger partial charge in [-0.25, -0.2) is 0 Å². The van der Waals surface area contributed by atoms with Crippen LogP contribution in [0.2, 0.25) is 0 Å². The number of para-hydroxylation sites is 1. The smallest absolute Gasteiger partial charge is 0.123 e. The van der Waals surface area contributed by atoms with E-state index in [4.69, 9.17) is 10.5 Å². The van der Waals surface area contributed by atoms with E-state index < -0.39 is 0 Å². The summed E-state index contributed by atoms with van der Waals surface area (Å²) >= 11 is 0. The maximum Gasteiger partial charge on any atom is 0.123 e. The number of ether oxygens (including phenoxy) is 1. The molecule has 0 radical (unpaired) electrons. The number of methoxy groups -OCH3 is 1. The van der Waals surface area contributed by atoms with Crippen LogP contribution >= 0.6 is 0 Å². The van der Waals surface area contributed by atoms with Gasteiger partial charge in [-0.3, -0.25) is 0 Å². The van der Waals surface area contributed by atoms with Gasteiger partial charge in [0, 0.05) is 11.6 Å². The van der Waals surface area contributed by atoms with Gasteiger partial charge in [0.2, 0.25) is 0 Å². The van der Waals surface area contributed by atoms with E-state index in [1.807, 2.05) is 18.2 Å². The van der Waals surface area contributed by atoms with Crippen LogP contribution in [0, 0.1) is 16.7 Å². The van der Waals surface area contributed by atoms with E-state index in [9.17, 15) is 0 Å². The fraction of sp³-hybridized carbons (Fsp3) is 0.600. The molecule has 1 unspecified atom stereocenters. The fourth-order valence-corrected chi connectivity index (χ4v) is 3.27. The van der Waals surface area contributed by atoms with Gasteiger partial charge in [-0.1, -0.05) is 45.9 Å². The minimum atomic E-state index is 0.0520. The first kappa shape index (κ1) is 12.4. The Morgan fingerprint density at radius 1 is 1.12 bits per heavy atom. The van der Waals surface area contributed by atoms with Crippen molar-refractivity contribution in [3.05, 3.63) is 29.8 Å². The Bertz CT molecular complexity index is 409. The molecule has 1 aliphatic carbocycles. The lowest BCUT2D eigenvalue weighted by atomic mass is 9.97. The summed E-state index contributed by atoms with van der Waals surface area (Å²) in [6.07, 6.45) is 0. The van der Waals surface area contributed by atoms with Crippen molar-refractivity contribution < 1.29 is 4.74 Å². The normalized spacial score (nSPS) is 23.2. The number of hydrogen-bond donors (Lipinski definition) is 1. The van der Waals surface area contributed by atoms with Gasteiger partial charge in [0.25, 0.3) is 0 Å². The van der Waals surface area contributed by atoms with E-state index >= 15 is 0 Å². The average Bonchev–Trinajstić information content (AvgIpc) is 2.68. The molecule has 0 aliphatic heterocycles. The number of rotatable bonds is 3. The summed E-state index contributed by atoms with van der Waals surface area (Å²) < 4.78 is 5.40. The Morgan fingerprint density at radius 3 is 2.12 bits per heavy atom. The third-order valence-corrected chi connectivity index (χ3v) is 4.99. The standard InChI is InChI=1S/C15H23NO/c1-14(2)13(15(14,3)4)12(16)10-8-6-7-9-11(10)17-5/h6-9,12-13H,16H2,1-5H3. The molecule has 2 heteroatoms. The van der Waals surface area contributed by atoms with Gasteiger partial charge in [0.05, 0.1) is 7.11 Å². The Balaban J connectivity index is 2.31. The van der Waals surface area contributed by atoms with Crippen LogP contribution in [-0.2, 0) is 0 Å². The summed E-state index contributed by atoms with van der Waals surface area (Å²) in [5.74, 6) is 1.41. The highest BCUT2D eigenvalue weighted by Crippen LogP contribution is 2.72. The minimum absolute atomic E-state index is 0.0520. The molecule has 0 heterocycles.